The molecule has 0 saturated heterocycles. The molecule has 1 heterocycles. The second-order valence-electron chi connectivity index (χ2n) is 6.55. The number of halogens is 4. The fourth-order valence-electron chi connectivity index (χ4n) is 2.07. The van der Waals surface area contributed by atoms with Crippen molar-refractivity contribution < 1.29 is 18.0 Å². The Balaban J connectivity index is 0.000000278. The number of carbonyl (C=O) groups excluding carboxylic acids is 1. The number of H-pyrrole nitrogens is 1. The summed E-state index contributed by atoms with van der Waals surface area (Å²) in [7, 11) is 0. The molecule has 9 heteroatoms. The summed E-state index contributed by atoms with van der Waals surface area (Å²) in [5.74, 6) is 0.718. The van der Waals surface area contributed by atoms with E-state index in [2.05, 4.69) is 60.7 Å². The minimum Gasteiger partial charge on any atom is -0.351 e. The third-order valence-electron chi connectivity index (χ3n) is 4.07. The van der Waals surface area contributed by atoms with Crippen molar-refractivity contribution in [2.75, 3.05) is 0 Å². The van der Waals surface area contributed by atoms with Crippen molar-refractivity contribution in [3.05, 3.63) is 46.0 Å². The summed E-state index contributed by atoms with van der Waals surface area (Å²) in [5.41, 5.74) is -0.619. The van der Waals surface area contributed by atoms with Crippen molar-refractivity contribution in [2.24, 2.45) is 0 Å². The van der Waals surface area contributed by atoms with Gasteiger partial charge in [0.15, 0.2) is 5.82 Å². The molecule has 0 unspecified atom stereocenters. The van der Waals surface area contributed by atoms with Gasteiger partial charge in [0.05, 0.1) is 6.54 Å². The predicted octanol–water partition coefficient (Wildman–Crippen LogP) is 5.24. The Kier molecular flexibility index (Phi) is 9.13. The van der Waals surface area contributed by atoms with E-state index in [1.807, 2.05) is 13.8 Å². The van der Waals surface area contributed by atoms with Gasteiger partial charge in [0.1, 0.15) is 11.2 Å². The lowest BCUT2D eigenvalue weighted by Gasteiger charge is -2.23. The van der Waals surface area contributed by atoms with Crippen LogP contribution in [0.5, 0.6) is 0 Å². The first-order chi connectivity index (χ1) is 13.1. The number of hydrogen-bond acceptors (Lipinski definition) is 3. The Bertz CT molecular complexity index is 726. The number of benzene rings is 1. The summed E-state index contributed by atoms with van der Waals surface area (Å²) >= 11 is 3.41. The molecule has 0 spiro atoms. The molecule has 1 aliphatic carbocycles. The highest BCUT2D eigenvalue weighted by Crippen LogP contribution is 2.40. The van der Waals surface area contributed by atoms with Gasteiger partial charge >= 0.3 is 6.18 Å². The highest BCUT2D eigenvalue weighted by molar-refractivity contribution is 9.10. The van der Waals surface area contributed by atoms with Gasteiger partial charge in [0.25, 0.3) is 0 Å². The largest absolute Gasteiger partial charge is 0.401 e. The molecule has 156 valence electrons. The fourth-order valence-corrected chi connectivity index (χ4v) is 2.33. The quantitative estimate of drug-likeness (QED) is 0.596. The van der Waals surface area contributed by atoms with E-state index in [0.717, 1.165) is 19.8 Å². The molecule has 1 saturated carbocycles. The first-order valence-corrected chi connectivity index (χ1v) is 9.85. The molecule has 0 atom stereocenters. The lowest BCUT2D eigenvalue weighted by Crippen LogP contribution is -2.37. The second-order valence-corrected chi connectivity index (χ2v) is 7.47. The summed E-state index contributed by atoms with van der Waals surface area (Å²) in [6.45, 7) is 6.00. The lowest BCUT2D eigenvalue weighted by molar-refractivity contribution is -0.182. The van der Waals surface area contributed by atoms with E-state index in [9.17, 15) is 18.0 Å². The van der Waals surface area contributed by atoms with E-state index in [0.29, 0.717) is 6.41 Å². The topological polar surface area (TPSA) is 70.7 Å². The minimum atomic E-state index is -4.43. The number of nitrogens with one attached hydrogen (secondary N) is 2. The average molecular weight is 463 g/mol. The van der Waals surface area contributed by atoms with Gasteiger partial charge in [-0.25, -0.2) is 4.98 Å². The third kappa shape index (κ3) is 6.92. The van der Waals surface area contributed by atoms with Crippen LogP contribution < -0.4 is 5.32 Å². The molecule has 28 heavy (non-hydrogen) atoms. The maximum Gasteiger partial charge on any atom is 0.401 e. The Morgan fingerprint density at radius 1 is 1.21 bits per heavy atom. The van der Waals surface area contributed by atoms with Crippen LogP contribution in [0.3, 0.4) is 0 Å². The Morgan fingerprint density at radius 2 is 1.79 bits per heavy atom. The summed E-state index contributed by atoms with van der Waals surface area (Å²) in [4.78, 5) is 13.7. The molecule has 1 amide bonds. The second kappa shape index (κ2) is 10.6. The summed E-state index contributed by atoms with van der Waals surface area (Å²) in [5, 5.41) is 8.10. The third-order valence-corrected chi connectivity index (χ3v) is 4.60. The number of aromatic amines is 1. The molecular formula is C19H26BrF3N4O. The summed E-state index contributed by atoms with van der Waals surface area (Å²) < 4.78 is 39.0. The van der Waals surface area contributed by atoms with E-state index in [4.69, 9.17) is 0 Å². The molecule has 0 bridgehead atoms. The molecule has 2 aromatic rings. The standard InChI is InChI=1S/C9H9Br.C8H11F3N4O.C2H6/c10-9-5-3-8(4-6-9)7-1-2-7;1-7(2,8(9,10)11)6-13-5(14-15-6)3-12-4-16;1-2/h3-7H,1-2H2;4H,3H2,1-2H3,(H,12,16)(H,13,14,15);1-2H3. The van der Waals surface area contributed by atoms with Crippen LogP contribution in [0, 0.1) is 0 Å². The number of aromatic nitrogens is 3. The monoisotopic (exact) mass is 462 g/mol. The Hall–Kier alpha value is -1.90. The van der Waals surface area contributed by atoms with Gasteiger partial charge in [-0.15, -0.1) is 0 Å². The molecule has 2 N–H and O–H groups in total. The van der Waals surface area contributed by atoms with Crippen LogP contribution in [0.4, 0.5) is 13.2 Å². The molecule has 1 aliphatic rings. The molecule has 1 fully saturated rings. The van der Waals surface area contributed by atoms with Crippen molar-refractivity contribution in [2.45, 2.75) is 64.6 Å². The fraction of sp³-hybridized carbons (Fsp3) is 0.526. The SMILES string of the molecule is Brc1ccc(C2CC2)cc1.CC.CC(C)(c1n[nH]c(CNC=O)n1)C(F)(F)F. The van der Waals surface area contributed by atoms with Crippen LogP contribution in [0.1, 0.15) is 63.7 Å². The van der Waals surface area contributed by atoms with E-state index < -0.39 is 11.6 Å². The molecule has 1 aromatic carbocycles. The number of amides is 1. The molecule has 5 nitrogen and oxygen atoms in total. The Labute approximate surface area is 171 Å². The first kappa shape index (κ1) is 24.1. The average Bonchev–Trinajstić information content (AvgIpc) is 3.39. The molecular weight excluding hydrogens is 437 g/mol. The zero-order chi connectivity index (χ0) is 21.4. The summed E-state index contributed by atoms with van der Waals surface area (Å²) in [6.07, 6.45) is -1.22. The van der Waals surface area contributed by atoms with E-state index in [1.54, 1.807) is 0 Å². The highest BCUT2D eigenvalue weighted by atomic mass is 79.9. The number of hydrogen-bond donors (Lipinski definition) is 2. The van der Waals surface area contributed by atoms with Crippen LogP contribution in [-0.2, 0) is 16.8 Å². The van der Waals surface area contributed by atoms with E-state index in [-0.39, 0.29) is 18.2 Å². The smallest absolute Gasteiger partial charge is 0.351 e. The van der Waals surface area contributed by atoms with E-state index >= 15 is 0 Å². The van der Waals surface area contributed by atoms with Gasteiger partial charge in [-0.3, -0.25) is 9.89 Å². The van der Waals surface area contributed by atoms with Crippen molar-refractivity contribution in [3.63, 3.8) is 0 Å². The van der Waals surface area contributed by atoms with Crippen molar-refractivity contribution in [1.29, 1.82) is 0 Å². The van der Waals surface area contributed by atoms with Gasteiger partial charge in [-0.1, -0.05) is 41.9 Å². The predicted molar refractivity (Wildman–Crippen MR) is 106 cm³/mol. The van der Waals surface area contributed by atoms with Crippen molar-refractivity contribution in [3.8, 4) is 0 Å². The summed E-state index contributed by atoms with van der Waals surface area (Å²) in [6, 6.07) is 8.66. The van der Waals surface area contributed by atoms with Crippen molar-refractivity contribution in [1.82, 2.24) is 20.5 Å². The van der Waals surface area contributed by atoms with Crippen LogP contribution >= 0.6 is 15.9 Å². The maximum absolute atomic E-state index is 12.6. The van der Waals surface area contributed by atoms with Gasteiger partial charge < -0.3 is 5.32 Å². The zero-order valence-corrected chi connectivity index (χ0v) is 18.0. The van der Waals surface area contributed by atoms with Gasteiger partial charge in [-0.05, 0) is 50.3 Å². The normalized spacial score (nSPS) is 13.6. The van der Waals surface area contributed by atoms with Crippen LogP contribution in [0.15, 0.2) is 28.7 Å². The molecule has 3 rings (SSSR count). The number of alkyl halides is 3. The first-order valence-electron chi connectivity index (χ1n) is 9.06. The minimum absolute atomic E-state index is 0.0183. The number of nitrogens with zero attached hydrogens (tertiary/aromatic N) is 2. The van der Waals surface area contributed by atoms with Crippen molar-refractivity contribution >= 4 is 22.3 Å². The van der Waals surface area contributed by atoms with Crippen LogP contribution in [-0.4, -0.2) is 27.8 Å². The Morgan fingerprint density at radius 3 is 2.25 bits per heavy atom. The maximum atomic E-state index is 12.6. The van der Waals surface area contributed by atoms with Gasteiger partial charge in [0, 0.05) is 4.47 Å². The van der Waals surface area contributed by atoms with E-state index in [1.165, 1.54) is 22.9 Å². The van der Waals surface area contributed by atoms with Gasteiger partial charge in [0.2, 0.25) is 6.41 Å². The molecule has 0 aliphatic heterocycles. The van der Waals surface area contributed by atoms with Crippen LogP contribution in [0.2, 0.25) is 0 Å². The lowest BCUT2D eigenvalue weighted by atomic mass is 9.92. The molecule has 1 aromatic heterocycles. The van der Waals surface area contributed by atoms with Crippen LogP contribution in [0.25, 0.3) is 0 Å². The number of rotatable bonds is 5. The zero-order valence-electron chi connectivity index (χ0n) is 16.4. The number of carbonyl (C=O) groups is 1. The molecule has 0 radical (unpaired) electrons. The van der Waals surface area contributed by atoms with Gasteiger partial charge in [-0.2, -0.15) is 18.3 Å². The highest BCUT2D eigenvalue weighted by Gasteiger charge is 2.51.